The van der Waals surface area contributed by atoms with Crippen LogP contribution >= 0.6 is 0 Å². The zero-order valence-electron chi connectivity index (χ0n) is 22.1. The van der Waals surface area contributed by atoms with Crippen molar-refractivity contribution >= 4 is 33.3 Å². The van der Waals surface area contributed by atoms with Crippen LogP contribution in [0.15, 0.2) is 30.5 Å². The highest BCUT2D eigenvalue weighted by Gasteiger charge is 2.36. The van der Waals surface area contributed by atoms with Crippen molar-refractivity contribution in [2.45, 2.75) is 56.3 Å². The monoisotopic (exact) mass is 549 g/mol. The Morgan fingerprint density at radius 2 is 1.69 bits per heavy atom. The van der Waals surface area contributed by atoms with Crippen LogP contribution < -0.4 is 14.5 Å². The Bertz CT molecular complexity index is 1430. The molecule has 2 saturated carbocycles. The maximum absolute atomic E-state index is 13.8. The minimum Gasteiger partial charge on any atom is -0.356 e. The van der Waals surface area contributed by atoms with E-state index in [2.05, 4.69) is 16.3 Å². The van der Waals surface area contributed by atoms with Crippen LogP contribution in [0.5, 0.6) is 0 Å². The first-order valence-corrected chi connectivity index (χ1v) is 16.0. The van der Waals surface area contributed by atoms with Gasteiger partial charge in [-0.15, -0.1) is 0 Å². The van der Waals surface area contributed by atoms with Crippen LogP contribution in [0.1, 0.15) is 83.3 Å². The second kappa shape index (κ2) is 9.50. The van der Waals surface area contributed by atoms with Crippen LogP contribution in [0, 0.1) is 0 Å². The number of aromatic nitrogens is 1. The molecule has 2 aromatic rings. The molecule has 5 aliphatic rings. The van der Waals surface area contributed by atoms with Gasteiger partial charge in [0, 0.05) is 45.5 Å². The summed E-state index contributed by atoms with van der Waals surface area (Å²) in [5, 5.41) is 2.85. The third kappa shape index (κ3) is 4.66. The number of anilines is 2. The van der Waals surface area contributed by atoms with Crippen molar-refractivity contribution in [1.82, 2.24) is 15.2 Å². The molecule has 7 rings (SSSR count). The van der Waals surface area contributed by atoms with Crippen LogP contribution in [0.2, 0.25) is 0 Å². The first-order valence-electron chi connectivity index (χ1n) is 14.4. The fourth-order valence-corrected chi connectivity index (χ4v) is 7.93. The zero-order valence-corrected chi connectivity index (χ0v) is 23.0. The van der Waals surface area contributed by atoms with Crippen LogP contribution in [0.25, 0.3) is 0 Å². The molecule has 1 unspecified atom stereocenters. The molecule has 3 aliphatic heterocycles. The van der Waals surface area contributed by atoms with Gasteiger partial charge in [0.1, 0.15) is 5.82 Å². The van der Waals surface area contributed by atoms with Gasteiger partial charge in [0.2, 0.25) is 15.9 Å². The molecule has 0 bridgehead atoms. The molecule has 0 spiro atoms. The summed E-state index contributed by atoms with van der Waals surface area (Å²) in [7, 11) is -3.49. The molecule has 1 aromatic carbocycles. The lowest BCUT2D eigenvalue weighted by Gasteiger charge is -2.37. The summed E-state index contributed by atoms with van der Waals surface area (Å²) in [6.45, 7) is 3.44. The van der Waals surface area contributed by atoms with Crippen molar-refractivity contribution in [3.63, 3.8) is 0 Å². The molecule has 1 aromatic heterocycles. The second-order valence-corrected chi connectivity index (χ2v) is 13.7. The van der Waals surface area contributed by atoms with Gasteiger partial charge in [-0.3, -0.25) is 13.9 Å². The van der Waals surface area contributed by atoms with Crippen molar-refractivity contribution in [3.8, 4) is 0 Å². The number of nitrogens with one attached hydrogen (secondary N) is 1. The largest absolute Gasteiger partial charge is 0.356 e. The molecule has 2 amide bonds. The molecular formula is C29H35N5O4S. The summed E-state index contributed by atoms with van der Waals surface area (Å²) in [6.07, 6.45) is 8.22. The molecule has 4 heterocycles. The van der Waals surface area contributed by atoms with Crippen molar-refractivity contribution < 1.29 is 18.0 Å². The fraction of sp³-hybridized carbons (Fsp3) is 0.552. The minimum atomic E-state index is -3.49. The number of carbonyl (C=O) groups excluding carboxylic acids is 2. The molecule has 2 aliphatic carbocycles. The average Bonchev–Trinajstić information content (AvgIpc) is 3.88. The molecule has 5 fully saturated rings. The van der Waals surface area contributed by atoms with E-state index in [1.165, 1.54) is 41.1 Å². The molecule has 1 atom stereocenters. The summed E-state index contributed by atoms with van der Waals surface area (Å²) in [5.41, 5.74) is 4.30. The minimum absolute atomic E-state index is 0.0511. The number of rotatable bonds is 6. The number of hydrogen-bond acceptors (Lipinski definition) is 6. The maximum Gasteiger partial charge on any atom is 0.256 e. The Labute approximate surface area is 229 Å². The van der Waals surface area contributed by atoms with E-state index < -0.39 is 10.0 Å². The van der Waals surface area contributed by atoms with E-state index in [4.69, 9.17) is 4.98 Å². The lowest BCUT2D eigenvalue weighted by atomic mass is 9.95. The van der Waals surface area contributed by atoms with E-state index in [0.29, 0.717) is 75.2 Å². The number of benzene rings is 1. The third-order valence-electron chi connectivity index (χ3n) is 8.92. The predicted octanol–water partition coefficient (Wildman–Crippen LogP) is 2.94. The van der Waals surface area contributed by atoms with Crippen LogP contribution in [0.4, 0.5) is 11.5 Å². The van der Waals surface area contributed by atoms with Gasteiger partial charge in [0.25, 0.3) is 5.91 Å². The average molecular weight is 550 g/mol. The normalized spacial score (nSPS) is 24.8. The quantitative estimate of drug-likeness (QED) is 0.595. The first-order chi connectivity index (χ1) is 18.9. The molecule has 39 heavy (non-hydrogen) atoms. The first kappa shape index (κ1) is 24.9. The molecular weight excluding hydrogens is 514 g/mol. The molecule has 3 saturated heterocycles. The standard InChI is InChI=1S/C29H35N5O4S/c35-28-23(8-9-30-28)21-6-7-24(26(17-21)34-10-1-15-39(34,37)38)29(36)33-13-11-32(12-14-33)27-25(20-4-5-20)16-22(18-31-27)19-2-3-19/h6-7,16-20,23H,1-5,8-15H2,(H,30,35). The lowest BCUT2D eigenvalue weighted by molar-refractivity contribution is -0.120. The van der Waals surface area contributed by atoms with E-state index in [-0.39, 0.29) is 23.5 Å². The summed E-state index contributed by atoms with van der Waals surface area (Å²) in [5.74, 6) is 1.90. The smallest absolute Gasteiger partial charge is 0.256 e. The topological polar surface area (TPSA) is 103 Å². The highest BCUT2D eigenvalue weighted by Crippen LogP contribution is 2.47. The van der Waals surface area contributed by atoms with E-state index >= 15 is 0 Å². The second-order valence-electron chi connectivity index (χ2n) is 11.7. The third-order valence-corrected chi connectivity index (χ3v) is 10.8. The van der Waals surface area contributed by atoms with Gasteiger partial charge in [-0.1, -0.05) is 12.1 Å². The molecule has 9 nitrogen and oxygen atoms in total. The number of nitrogens with zero attached hydrogens (tertiary/aromatic N) is 4. The van der Waals surface area contributed by atoms with Crippen LogP contribution in [0.3, 0.4) is 0 Å². The number of sulfonamides is 1. The van der Waals surface area contributed by atoms with Crippen molar-refractivity contribution in [1.29, 1.82) is 0 Å². The fourth-order valence-electron chi connectivity index (χ4n) is 6.36. The Kier molecular flexibility index (Phi) is 6.06. The van der Waals surface area contributed by atoms with E-state index in [0.717, 1.165) is 11.4 Å². The summed E-state index contributed by atoms with van der Waals surface area (Å²) in [6, 6.07) is 7.68. The number of carbonyl (C=O) groups is 2. The molecule has 206 valence electrons. The van der Waals surface area contributed by atoms with Crippen molar-refractivity contribution in [2.75, 3.05) is 54.2 Å². The number of pyridine rings is 1. The van der Waals surface area contributed by atoms with Gasteiger partial charge in [-0.2, -0.15) is 0 Å². The van der Waals surface area contributed by atoms with Crippen LogP contribution in [-0.2, 0) is 14.8 Å². The maximum atomic E-state index is 13.8. The Balaban J connectivity index is 1.13. The molecule has 10 heteroatoms. The summed E-state index contributed by atoms with van der Waals surface area (Å²) >= 11 is 0. The Hall–Kier alpha value is -3.14. The lowest BCUT2D eigenvalue weighted by Crippen LogP contribution is -2.49. The van der Waals surface area contributed by atoms with Gasteiger partial charge in [-0.05, 0) is 79.2 Å². The number of amides is 2. The Morgan fingerprint density at radius 3 is 2.33 bits per heavy atom. The predicted molar refractivity (Wildman–Crippen MR) is 149 cm³/mol. The van der Waals surface area contributed by atoms with Gasteiger partial charge in [-0.25, -0.2) is 13.4 Å². The SMILES string of the molecule is O=C1NCCC1c1ccc(C(=O)N2CCN(c3ncc(C4CC4)cc3C3CC3)CC2)c(N2CCCS2(=O)=O)c1. The number of hydrogen-bond donors (Lipinski definition) is 1. The van der Waals surface area contributed by atoms with Gasteiger partial charge < -0.3 is 15.1 Å². The zero-order chi connectivity index (χ0) is 26.7. The van der Waals surface area contributed by atoms with Crippen LogP contribution in [-0.4, -0.2) is 75.1 Å². The van der Waals surface area contributed by atoms with Gasteiger partial charge in [0.05, 0.1) is 22.9 Å². The summed E-state index contributed by atoms with van der Waals surface area (Å²) < 4.78 is 27.1. The van der Waals surface area contributed by atoms with Gasteiger partial charge in [0.15, 0.2) is 0 Å². The van der Waals surface area contributed by atoms with E-state index in [1.54, 1.807) is 12.1 Å². The van der Waals surface area contributed by atoms with Gasteiger partial charge >= 0.3 is 0 Å². The summed E-state index contributed by atoms with van der Waals surface area (Å²) in [4.78, 5) is 35.2. The Morgan fingerprint density at radius 1 is 0.923 bits per heavy atom. The molecule has 0 radical (unpaired) electrons. The number of piperazine rings is 1. The van der Waals surface area contributed by atoms with E-state index in [1.807, 2.05) is 17.2 Å². The van der Waals surface area contributed by atoms with Crippen molar-refractivity contribution in [3.05, 3.63) is 52.7 Å². The molecule has 1 N–H and O–H groups in total. The highest BCUT2D eigenvalue weighted by molar-refractivity contribution is 7.93. The van der Waals surface area contributed by atoms with Crippen molar-refractivity contribution in [2.24, 2.45) is 0 Å². The highest BCUT2D eigenvalue weighted by atomic mass is 32.2. The van der Waals surface area contributed by atoms with E-state index in [9.17, 15) is 18.0 Å².